The largest absolute Gasteiger partial charge is 0.493 e. The Kier molecular flexibility index (Phi) is 9.85. The van der Waals surface area contributed by atoms with Gasteiger partial charge in [-0.2, -0.15) is 0 Å². The Morgan fingerprint density at radius 3 is 2.56 bits per heavy atom. The highest BCUT2D eigenvalue weighted by atomic mass is 19.1. The third-order valence-electron chi connectivity index (χ3n) is 7.08. The zero-order chi connectivity index (χ0) is 30.2. The normalized spacial score (nSPS) is 14.2. The summed E-state index contributed by atoms with van der Waals surface area (Å²) in [6, 6.07) is 14.3. The summed E-state index contributed by atoms with van der Waals surface area (Å²) in [4.78, 5) is 19.3. The van der Waals surface area contributed by atoms with E-state index in [4.69, 9.17) is 18.9 Å². The van der Waals surface area contributed by atoms with Crippen molar-refractivity contribution in [1.82, 2.24) is 15.2 Å². The van der Waals surface area contributed by atoms with Gasteiger partial charge in [-0.1, -0.05) is 6.07 Å². The molecule has 1 unspecified atom stereocenters. The van der Waals surface area contributed by atoms with Gasteiger partial charge in [-0.25, -0.2) is 13.6 Å². The van der Waals surface area contributed by atoms with Crippen LogP contribution in [0, 0.1) is 11.6 Å². The first-order chi connectivity index (χ1) is 20.9. The number of amides is 2. The lowest BCUT2D eigenvalue weighted by atomic mass is 10.1. The van der Waals surface area contributed by atoms with Gasteiger partial charge in [0.15, 0.2) is 11.5 Å². The molecular weight excluding hydrogens is 558 g/mol. The summed E-state index contributed by atoms with van der Waals surface area (Å²) in [6.45, 7) is 6.55. The number of nitrogens with zero attached hydrogens (tertiary/aromatic N) is 2. The number of hydrogen-bond acceptors (Lipinski definition) is 7. The van der Waals surface area contributed by atoms with Gasteiger partial charge in [-0.15, -0.1) is 0 Å². The number of benzene rings is 3. The molecule has 3 aromatic carbocycles. The zero-order valence-electron chi connectivity index (χ0n) is 24.1. The number of nitrogens with one attached hydrogen (secondary N) is 2. The Hall–Kier alpha value is -4.48. The molecule has 1 saturated heterocycles. The summed E-state index contributed by atoms with van der Waals surface area (Å²) in [5, 5.41) is 6.10. The van der Waals surface area contributed by atoms with Crippen molar-refractivity contribution in [3.05, 3.63) is 84.1 Å². The van der Waals surface area contributed by atoms with Gasteiger partial charge in [0.1, 0.15) is 23.1 Å². The Bertz CT molecular complexity index is 1550. The molecule has 0 spiro atoms. The maximum Gasteiger partial charge on any atom is 0.319 e. The van der Waals surface area contributed by atoms with E-state index in [0.29, 0.717) is 40.8 Å². The van der Waals surface area contributed by atoms with Crippen LogP contribution in [-0.4, -0.2) is 62.5 Å². The fourth-order valence-corrected chi connectivity index (χ4v) is 4.81. The third kappa shape index (κ3) is 7.88. The fraction of sp³-hybridized carbons (Fsp3) is 0.312. The molecule has 9 nitrogen and oxygen atoms in total. The van der Waals surface area contributed by atoms with E-state index in [1.165, 1.54) is 6.07 Å². The van der Waals surface area contributed by atoms with Crippen LogP contribution >= 0.6 is 0 Å². The van der Waals surface area contributed by atoms with Crippen LogP contribution in [0.25, 0.3) is 10.9 Å². The first-order valence-corrected chi connectivity index (χ1v) is 14.1. The Morgan fingerprint density at radius 1 is 1.02 bits per heavy atom. The number of aromatic nitrogens is 1. The van der Waals surface area contributed by atoms with Crippen molar-refractivity contribution >= 4 is 22.6 Å². The number of ether oxygens (including phenoxy) is 4. The van der Waals surface area contributed by atoms with Crippen LogP contribution in [0.4, 0.5) is 19.3 Å². The summed E-state index contributed by atoms with van der Waals surface area (Å²) in [5.41, 5.74) is 1.39. The maximum absolute atomic E-state index is 14.0. The number of carbonyl (C=O) groups is 1. The van der Waals surface area contributed by atoms with Crippen molar-refractivity contribution in [2.24, 2.45) is 0 Å². The van der Waals surface area contributed by atoms with Gasteiger partial charge in [-0.3, -0.25) is 9.88 Å². The first kappa shape index (κ1) is 30.0. The summed E-state index contributed by atoms with van der Waals surface area (Å²) in [7, 11) is 1.59. The fourth-order valence-electron chi connectivity index (χ4n) is 4.81. The van der Waals surface area contributed by atoms with Crippen molar-refractivity contribution in [3.63, 3.8) is 0 Å². The summed E-state index contributed by atoms with van der Waals surface area (Å²) < 4.78 is 50.4. The van der Waals surface area contributed by atoms with Gasteiger partial charge < -0.3 is 29.6 Å². The van der Waals surface area contributed by atoms with Crippen LogP contribution in [0.5, 0.6) is 23.0 Å². The lowest BCUT2D eigenvalue weighted by Crippen LogP contribution is -2.37. The number of urea groups is 1. The highest BCUT2D eigenvalue weighted by Gasteiger charge is 2.16. The van der Waals surface area contributed by atoms with Gasteiger partial charge in [-0.05, 0) is 55.8 Å². The molecule has 43 heavy (non-hydrogen) atoms. The second kappa shape index (κ2) is 14.1. The number of halogens is 2. The van der Waals surface area contributed by atoms with E-state index < -0.39 is 23.7 Å². The number of anilines is 1. The van der Waals surface area contributed by atoms with E-state index in [1.54, 1.807) is 50.6 Å². The van der Waals surface area contributed by atoms with Gasteiger partial charge in [0, 0.05) is 54.6 Å². The topological polar surface area (TPSA) is 94.2 Å². The average molecular weight is 593 g/mol. The highest BCUT2D eigenvalue weighted by molar-refractivity contribution is 5.90. The molecule has 1 atom stereocenters. The molecule has 2 amide bonds. The van der Waals surface area contributed by atoms with Crippen LogP contribution in [0.2, 0.25) is 0 Å². The number of morpholine rings is 1. The molecule has 0 bridgehead atoms. The minimum Gasteiger partial charge on any atom is -0.493 e. The molecule has 0 radical (unpaired) electrons. The number of fused-ring (bicyclic) bond motifs is 1. The minimum atomic E-state index is -0.723. The number of carbonyl (C=O) groups excluding carboxylic acids is 1. The predicted molar refractivity (Wildman–Crippen MR) is 159 cm³/mol. The SMILES string of the molecule is COc1cc2c(Oc3ccc(NC(=O)NC(C)c4ccc(F)cc4F)cc3)ccnc2cc1OCCCN1CCOCC1. The molecule has 2 heterocycles. The van der Waals surface area contributed by atoms with Gasteiger partial charge in [0.25, 0.3) is 0 Å². The average Bonchev–Trinajstić information content (AvgIpc) is 3.00. The van der Waals surface area contributed by atoms with Crippen LogP contribution < -0.4 is 24.8 Å². The second-order valence-electron chi connectivity index (χ2n) is 10.1. The molecular formula is C32H34F2N4O5. The number of methoxy groups -OCH3 is 1. The van der Waals surface area contributed by atoms with Gasteiger partial charge >= 0.3 is 6.03 Å². The number of rotatable bonds is 11. The van der Waals surface area contributed by atoms with Gasteiger partial charge in [0.2, 0.25) is 0 Å². The van der Waals surface area contributed by atoms with E-state index >= 15 is 0 Å². The maximum atomic E-state index is 14.0. The molecule has 1 aliphatic rings. The molecule has 0 aliphatic carbocycles. The van der Waals surface area contributed by atoms with E-state index in [-0.39, 0.29) is 5.56 Å². The third-order valence-corrected chi connectivity index (χ3v) is 7.08. The molecule has 226 valence electrons. The van der Waals surface area contributed by atoms with Crippen LogP contribution in [0.1, 0.15) is 24.9 Å². The summed E-state index contributed by atoms with van der Waals surface area (Å²) >= 11 is 0. The summed E-state index contributed by atoms with van der Waals surface area (Å²) in [5.74, 6) is 0.921. The van der Waals surface area contributed by atoms with E-state index in [9.17, 15) is 13.6 Å². The molecule has 1 aliphatic heterocycles. The van der Waals surface area contributed by atoms with E-state index in [0.717, 1.165) is 56.8 Å². The zero-order valence-corrected chi connectivity index (χ0v) is 24.1. The van der Waals surface area contributed by atoms with Crippen LogP contribution in [-0.2, 0) is 4.74 Å². The molecule has 4 aromatic rings. The van der Waals surface area contributed by atoms with Crippen LogP contribution in [0.15, 0.2) is 66.9 Å². The standard InChI is InChI=1S/C32H34F2N4O5/c1-21(25-9-4-22(33)18-27(25)34)36-32(39)37-23-5-7-24(8-6-23)43-29-10-11-35-28-20-31(30(40-2)19-26(28)29)42-15-3-12-38-13-16-41-17-14-38/h4-11,18-21H,3,12-17H2,1-2H3,(H2,36,37,39). The quantitative estimate of drug-likeness (QED) is 0.198. The Labute approximate surface area is 248 Å². The summed E-state index contributed by atoms with van der Waals surface area (Å²) in [6.07, 6.45) is 2.55. The van der Waals surface area contributed by atoms with Crippen molar-refractivity contribution in [2.75, 3.05) is 51.9 Å². The monoisotopic (exact) mass is 592 g/mol. The highest BCUT2D eigenvalue weighted by Crippen LogP contribution is 2.37. The van der Waals surface area contributed by atoms with Crippen molar-refractivity contribution in [3.8, 4) is 23.0 Å². The van der Waals surface area contributed by atoms with E-state index in [1.807, 2.05) is 12.1 Å². The predicted octanol–water partition coefficient (Wildman–Crippen LogP) is 6.30. The van der Waals surface area contributed by atoms with E-state index in [2.05, 4.69) is 20.5 Å². The molecule has 11 heteroatoms. The number of hydrogen-bond donors (Lipinski definition) is 2. The Morgan fingerprint density at radius 2 is 1.81 bits per heavy atom. The molecule has 0 saturated carbocycles. The molecule has 1 fully saturated rings. The van der Waals surface area contributed by atoms with Gasteiger partial charge in [0.05, 0.1) is 38.5 Å². The van der Waals surface area contributed by atoms with Crippen molar-refractivity contribution in [2.45, 2.75) is 19.4 Å². The van der Waals surface area contributed by atoms with Crippen LogP contribution in [0.3, 0.4) is 0 Å². The molecule has 2 N–H and O–H groups in total. The smallest absolute Gasteiger partial charge is 0.319 e. The molecule has 5 rings (SSSR count). The first-order valence-electron chi connectivity index (χ1n) is 14.1. The van der Waals surface area contributed by atoms with Crippen molar-refractivity contribution in [1.29, 1.82) is 0 Å². The number of pyridine rings is 1. The lowest BCUT2D eigenvalue weighted by Gasteiger charge is -2.26. The minimum absolute atomic E-state index is 0.184. The second-order valence-corrected chi connectivity index (χ2v) is 10.1. The lowest BCUT2D eigenvalue weighted by molar-refractivity contribution is 0.0357. The van der Waals surface area contributed by atoms with Crippen molar-refractivity contribution < 1.29 is 32.5 Å². The molecule has 1 aromatic heterocycles. The Balaban J connectivity index is 1.19.